The van der Waals surface area contributed by atoms with Gasteiger partial charge in [-0.05, 0) is 45.8 Å². The van der Waals surface area contributed by atoms with Gasteiger partial charge in [-0.3, -0.25) is 9.69 Å². The van der Waals surface area contributed by atoms with E-state index in [2.05, 4.69) is 23.8 Å². The fraction of sp³-hybridized carbons (Fsp3) is 0.929. The van der Waals surface area contributed by atoms with Crippen molar-refractivity contribution in [3.8, 4) is 0 Å². The molecule has 17 heavy (non-hydrogen) atoms. The SMILES string of the molecule is CCC1CN(C)CCCN1CC1CCCC1=O. The zero-order valence-electron chi connectivity index (χ0n) is 11.3. The van der Waals surface area contributed by atoms with Gasteiger partial charge in [0.25, 0.3) is 0 Å². The van der Waals surface area contributed by atoms with Crippen LogP contribution in [0.1, 0.15) is 39.0 Å². The van der Waals surface area contributed by atoms with Gasteiger partial charge < -0.3 is 4.90 Å². The molecule has 1 saturated heterocycles. The minimum absolute atomic E-state index is 0.340. The van der Waals surface area contributed by atoms with Gasteiger partial charge in [0, 0.05) is 31.5 Å². The quantitative estimate of drug-likeness (QED) is 0.748. The summed E-state index contributed by atoms with van der Waals surface area (Å²) in [4.78, 5) is 16.8. The zero-order valence-corrected chi connectivity index (χ0v) is 11.3. The summed E-state index contributed by atoms with van der Waals surface area (Å²) in [6.07, 6.45) is 5.52. The fourth-order valence-corrected chi connectivity index (χ4v) is 3.28. The molecule has 2 unspecified atom stereocenters. The van der Waals surface area contributed by atoms with Crippen LogP contribution in [-0.4, -0.2) is 54.9 Å². The average Bonchev–Trinajstić information content (AvgIpc) is 2.61. The first-order valence-electron chi connectivity index (χ1n) is 7.16. The molecule has 1 aliphatic carbocycles. The summed E-state index contributed by atoms with van der Waals surface area (Å²) in [5.74, 6) is 0.852. The van der Waals surface area contributed by atoms with Gasteiger partial charge in [0.05, 0.1) is 0 Å². The number of carbonyl (C=O) groups is 1. The van der Waals surface area contributed by atoms with Crippen LogP contribution in [0.15, 0.2) is 0 Å². The van der Waals surface area contributed by atoms with Gasteiger partial charge in [-0.15, -0.1) is 0 Å². The van der Waals surface area contributed by atoms with Crippen LogP contribution in [0.4, 0.5) is 0 Å². The molecular formula is C14H26N2O. The normalized spacial score (nSPS) is 32.9. The second-order valence-electron chi connectivity index (χ2n) is 5.73. The lowest BCUT2D eigenvalue weighted by Crippen LogP contribution is -2.42. The molecule has 0 spiro atoms. The number of carbonyl (C=O) groups excluding carboxylic acids is 1. The van der Waals surface area contributed by atoms with E-state index in [9.17, 15) is 4.79 Å². The molecule has 1 heterocycles. The lowest BCUT2D eigenvalue weighted by Gasteiger charge is -2.31. The topological polar surface area (TPSA) is 23.6 Å². The lowest BCUT2D eigenvalue weighted by molar-refractivity contribution is -0.121. The van der Waals surface area contributed by atoms with Crippen molar-refractivity contribution in [2.45, 2.75) is 45.1 Å². The van der Waals surface area contributed by atoms with E-state index in [-0.39, 0.29) is 0 Å². The first-order valence-corrected chi connectivity index (χ1v) is 7.16. The van der Waals surface area contributed by atoms with Crippen LogP contribution in [0.2, 0.25) is 0 Å². The molecule has 3 nitrogen and oxygen atoms in total. The van der Waals surface area contributed by atoms with E-state index in [0.29, 0.717) is 17.7 Å². The van der Waals surface area contributed by atoms with Crippen LogP contribution in [-0.2, 0) is 4.79 Å². The summed E-state index contributed by atoms with van der Waals surface area (Å²) in [6.45, 7) is 6.83. The Kier molecular flexibility index (Phi) is 4.57. The Labute approximate surface area is 105 Å². The standard InChI is InChI=1S/C14H26N2O/c1-3-13-11-15(2)8-5-9-16(13)10-12-6-4-7-14(12)17/h12-13H,3-11H2,1-2H3. The summed E-state index contributed by atoms with van der Waals surface area (Å²) in [5, 5.41) is 0. The van der Waals surface area contributed by atoms with Crippen molar-refractivity contribution < 1.29 is 4.79 Å². The van der Waals surface area contributed by atoms with Gasteiger partial charge >= 0.3 is 0 Å². The summed E-state index contributed by atoms with van der Waals surface area (Å²) in [5.41, 5.74) is 0. The maximum atomic E-state index is 11.8. The molecule has 0 N–H and O–H groups in total. The molecular weight excluding hydrogens is 212 g/mol. The van der Waals surface area contributed by atoms with Crippen molar-refractivity contribution in [1.29, 1.82) is 0 Å². The number of likely N-dealkylation sites (N-methyl/N-ethyl adjacent to an activating group) is 1. The third-order valence-corrected chi connectivity index (χ3v) is 4.38. The third kappa shape index (κ3) is 3.29. The van der Waals surface area contributed by atoms with Crippen molar-refractivity contribution in [3.63, 3.8) is 0 Å². The Morgan fingerprint density at radius 3 is 2.76 bits per heavy atom. The van der Waals surface area contributed by atoms with Crippen molar-refractivity contribution >= 4 is 5.78 Å². The van der Waals surface area contributed by atoms with Crippen LogP contribution in [0.3, 0.4) is 0 Å². The second-order valence-corrected chi connectivity index (χ2v) is 5.73. The van der Waals surface area contributed by atoms with E-state index < -0.39 is 0 Å². The molecule has 98 valence electrons. The maximum Gasteiger partial charge on any atom is 0.137 e. The third-order valence-electron chi connectivity index (χ3n) is 4.38. The van der Waals surface area contributed by atoms with Gasteiger partial charge in [0.2, 0.25) is 0 Å². The Morgan fingerprint density at radius 2 is 2.12 bits per heavy atom. The highest BCUT2D eigenvalue weighted by Crippen LogP contribution is 2.24. The highest BCUT2D eigenvalue weighted by atomic mass is 16.1. The Bertz CT molecular complexity index is 267. The van der Waals surface area contributed by atoms with Gasteiger partial charge in [-0.2, -0.15) is 0 Å². The second kappa shape index (κ2) is 5.96. The van der Waals surface area contributed by atoms with Crippen LogP contribution in [0.5, 0.6) is 0 Å². The summed E-state index contributed by atoms with van der Waals surface area (Å²) >= 11 is 0. The Morgan fingerprint density at radius 1 is 1.29 bits per heavy atom. The molecule has 2 fully saturated rings. The molecule has 2 aliphatic rings. The zero-order chi connectivity index (χ0) is 12.3. The van der Waals surface area contributed by atoms with E-state index in [0.717, 1.165) is 32.4 Å². The van der Waals surface area contributed by atoms with E-state index in [1.807, 2.05) is 0 Å². The van der Waals surface area contributed by atoms with Crippen molar-refractivity contribution in [2.24, 2.45) is 5.92 Å². The van der Waals surface area contributed by atoms with Gasteiger partial charge in [0.1, 0.15) is 5.78 Å². The summed E-state index contributed by atoms with van der Waals surface area (Å²) in [7, 11) is 2.22. The number of hydrogen-bond donors (Lipinski definition) is 0. The molecule has 0 aromatic heterocycles. The number of rotatable bonds is 3. The monoisotopic (exact) mass is 238 g/mol. The molecule has 1 aliphatic heterocycles. The number of nitrogens with zero attached hydrogens (tertiary/aromatic N) is 2. The van der Waals surface area contributed by atoms with Crippen LogP contribution in [0, 0.1) is 5.92 Å². The van der Waals surface area contributed by atoms with Crippen LogP contribution >= 0.6 is 0 Å². The minimum Gasteiger partial charge on any atom is -0.305 e. The van der Waals surface area contributed by atoms with Crippen molar-refractivity contribution in [2.75, 3.05) is 33.2 Å². The van der Waals surface area contributed by atoms with E-state index in [1.165, 1.54) is 25.9 Å². The van der Waals surface area contributed by atoms with E-state index in [4.69, 9.17) is 0 Å². The number of hydrogen-bond acceptors (Lipinski definition) is 3. The van der Waals surface area contributed by atoms with Crippen molar-refractivity contribution in [1.82, 2.24) is 9.80 Å². The molecule has 0 bridgehead atoms. The lowest BCUT2D eigenvalue weighted by atomic mass is 10.0. The molecule has 0 amide bonds. The highest BCUT2D eigenvalue weighted by Gasteiger charge is 2.29. The molecule has 0 aromatic carbocycles. The van der Waals surface area contributed by atoms with Gasteiger partial charge in [-0.25, -0.2) is 0 Å². The van der Waals surface area contributed by atoms with E-state index in [1.54, 1.807) is 0 Å². The first-order chi connectivity index (χ1) is 8.20. The molecule has 2 atom stereocenters. The molecule has 1 saturated carbocycles. The molecule has 3 heteroatoms. The van der Waals surface area contributed by atoms with Crippen LogP contribution < -0.4 is 0 Å². The van der Waals surface area contributed by atoms with Gasteiger partial charge in [-0.1, -0.05) is 6.92 Å². The Balaban J connectivity index is 1.94. The fourth-order valence-electron chi connectivity index (χ4n) is 3.28. The first kappa shape index (κ1) is 13.0. The molecule has 2 rings (SSSR count). The predicted octanol–water partition coefficient (Wildman–Crippen LogP) is 1.77. The minimum atomic E-state index is 0.340. The predicted molar refractivity (Wildman–Crippen MR) is 70.1 cm³/mol. The van der Waals surface area contributed by atoms with Crippen LogP contribution in [0.25, 0.3) is 0 Å². The summed E-state index contributed by atoms with van der Waals surface area (Å²) < 4.78 is 0. The van der Waals surface area contributed by atoms with E-state index >= 15 is 0 Å². The summed E-state index contributed by atoms with van der Waals surface area (Å²) in [6, 6.07) is 0.649. The molecule has 0 aromatic rings. The maximum absolute atomic E-state index is 11.8. The average molecular weight is 238 g/mol. The Hall–Kier alpha value is -0.410. The van der Waals surface area contributed by atoms with Gasteiger partial charge in [0.15, 0.2) is 0 Å². The molecule has 0 radical (unpaired) electrons. The number of Topliss-reactive ketones (excluding diaryl/α,β-unsaturated/α-hetero) is 1. The smallest absolute Gasteiger partial charge is 0.137 e. The number of ketones is 1. The highest BCUT2D eigenvalue weighted by molar-refractivity contribution is 5.83. The van der Waals surface area contributed by atoms with Crippen molar-refractivity contribution in [3.05, 3.63) is 0 Å². The largest absolute Gasteiger partial charge is 0.305 e.